The summed E-state index contributed by atoms with van der Waals surface area (Å²) in [5, 5.41) is 9.06. The number of hydrogen-bond acceptors (Lipinski definition) is 1. The molecule has 1 unspecified atom stereocenters. The number of benzene rings is 2. The van der Waals surface area contributed by atoms with E-state index in [9.17, 15) is 0 Å². The van der Waals surface area contributed by atoms with Gasteiger partial charge in [-0.3, -0.25) is 5.41 Å². The van der Waals surface area contributed by atoms with Gasteiger partial charge in [-0.25, -0.2) is 0 Å². The van der Waals surface area contributed by atoms with Gasteiger partial charge in [0.2, 0.25) is 0 Å². The molecule has 0 saturated carbocycles. The molecule has 0 aromatic heterocycles. The Kier molecular flexibility index (Phi) is 3.03. The quantitative estimate of drug-likeness (QED) is 0.868. The van der Waals surface area contributed by atoms with Crippen LogP contribution in [0.4, 0.5) is 0 Å². The molecule has 0 radical (unpaired) electrons. The third kappa shape index (κ3) is 2.13. The summed E-state index contributed by atoms with van der Waals surface area (Å²) < 4.78 is 0. The van der Waals surface area contributed by atoms with Gasteiger partial charge in [-0.15, -0.1) is 0 Å². The standard InChI is InChI=1S/C16H15ClN2/c1-11(12-6-8-14(17)9-7-12)19-10-13-4-2-3-5-15(13)16(19)18/h2-9,11,18H,10H2,1H3. The average Bonchev–Trinajstić information content (AvgIpc) is 2.77. The van der Waals surface area contributed by atoms with E-state index in [1.54, 1.807) is 0 Å². The van der Waals surface area contributed by atoms with E-state index in [1.807, 2.05) is 42.5 Å². The number of halogens is 1. The highest BCUT2D eigenvalue weighted by atomic mass is 35.5. The number of nitrogens with zero attached hydrogens (tertiary/aromatic N) is 1. The fourth-order valence-corrected chi connectivity index (χ4v) is 2.68. The summed E-state index contributed by atoms with van der Waals surface area (Å²) in [6.07, 6.45) is 0. The molecular formula is C16H15ClN2. The van der Waals surface area contributed by atoms with Crippen molar-refractivity contribution in [2.24, 2.45) is 0 Å². The molecule has 2 aromatic carbocycles. The molecule has 1 N–H and O–H groups in total. The Balaban J connectivity index is 1.89. The molecule has 2 aromatic rings. The van der Waals surface area contributed by atoms with Crippen molar-refractivity contribution in [1.82, 2.24) is 4.90 Å². The van der Waals surface area contributed by atoms with Gasteiger partial charge in [-0.1, -0.05) is 48.0 Å². The van der Waals surface area contributed by atoms with Crippen molar-refractivity contribution in [2.45, 2.75) is 19.5 Å². The number of amidine groups is 1. The molecule has 96 valence electrons. The van der Waals surface area contributed by atoms with E-state index in [2.05, 4.69) is 17.9 Å². The minimum atomic E-state index is 0.178. The normalized spacial score (nSPS) is 15.5. The van der Waals surface area contributed by atoms with E-state index in [0.29, 0.717) is 5.84 Å². The van der Waals surface area contributed by atoms with Crippen molar-refractivity contribution in [1.29, 1.82) is 5.41 Å². The van der Waals surface area contributed by atoms with Gasteiger partial charge in [-0.05, 0) is 30.2 Å². The zero-order valence-electron chi connectivity index (χ0n) is 10.7. The maximum atomic E-state index is 8.31. The average molecular weight is 271 g/mol. The van der Waals surface area contributed by atoms with Crippen molar-refractivity contribution in [2.75, 3.05) is 0 Å². The lowest BCUT2D eigenvalue weighted by atomic mass is 10.1. The molecule has 0 saturated heterocycles. The van der Waals surface area contributed by atoms with E-state index in [1.165, 1.54) is 11.1 Å². The van der Waals surface area contributed by atoms with Crippen LogP contribution in [0.1, 0.15) is 29.7 Å². The van der Waals surface area contributed by atoms with Crippen LogP contribution in [0.25, 0.3) is 0 Å². The van der Waals surface area contributed by atoms with Gasteiger partial charge in [0.1, 0.15) is 5.84 Å². The Bertz CT molecular complexity index is 619. The molecule has 1 atom stereocenters. The lowest BCUT2D eigenvalue weighted by Gasteiger charge is -2.26. The van der Waals surface area contributed by atoms with Gasteiger partial charge in [0, 0.05) is 17.1 Å². The van der Waals surface area contributed by atoms with E-state index >= 15 is 0 Å². The van der Waals surface area contributed by atoms with Crippen LogP contribution in [0, 0.1) is 5.41 Å². The molecular weight excluding hydrogens is 256 g/mol. The van der Waals surface area contributed by atoms with Crippen molar-refractivity contribution in [3.8, 4) is 0 Å². The third-order valence-corrected chi connectivity index (χ3v) is 3.97. The predicted octanol–water partition coefficient (Wildman–Crippen LogP) is 4.24. The molecule has 0 fully saturated rings. The minimum Gasteiger partial charge on any atom is -0.345 e. The van der Waals surface area contributed by atoms with Gasteiger partial charge < -0.3 is 4.90 Å². The van der Waals surface area contributed by atoms with Crippen molar-refractivity contribution in [3.63, 3.8) is 0 Å². The summed E-state index contributed by atoms with van der Waals surface area (Å²) in [7, 11) is 0. The van der Waals surface area contributed by atoms with Crippen LogP contribution in [-0.4, -0.2) is 10.7 Å². The monoisotopic (exact) mass is 270 g/mol. The summed E-state index contributed by atoms with van der Waals surface area (Å²) in [4.78, 5) is 2.12. The second-order valence-corrected chi connectivity index (χ2v) is 5.30. The van der Waals surface area contributed by atoms with Crippen LogP contribution >= 0.6 is 11.6 Å². The Morgan fingerprint density at radius 3 is 2.47 bits per heavy atom. The molecule has 0 aliphatic carbocycles. The first-order valence-corrected chi connectivity index (χ1v) is 6.73. The number of nitrogens with one attached hydrogen (secondary N) is 1. The number of fused-ring (bicyclic) bond motifs is 1. The molecule has 1 aliphatic heterocycles. The SMILES string of the molecule is CC(c1ccc(Cl)cc1)N1Cc2ccccc2C1=N. The molecule has 1 aliphatic rings. The second-order valence-electron chi connectivity index (χ2n) is 4.86. The highest BCUT2D eigenvalue weighted by Gasteiger charge is 2.27. The zero-order valence-corrected chi connectivity index (χ0v) is 11.5. The number of rotatable bonds is 2. The Hall–Kier alpha value is -1.80. The summed E-state index contributed by atoms with van der Waals surface area (Å²) in [6, 6.07) is 16.2. The smallest absolute Gasteiger partial charge is 0.129 e. The van der Waals surface area contributed by atoms with Crippen molar-refractivity contribution in [3.05, 3.63) is 70.2 Å². The van der Waals surface area contributed by atoms with Gasteiger partial charge in [0.05, 0.1) is 6.04 Å². The first kappa shape index (κ1) is 12.2. The van der Waals surface area contributed by atoms with E-state index < -0.39 is 0 Å². The molecule has 19 heavy (non-hydrogen) atoms. The lowest BCUT2D eigenvalue weighted by Crippen LogP contribution is -2.27. The first-order valence-electron chi connectivity index (χ1n) is 6.36. The third-order valence-electron chi connectivity index (χ3n) is 3.72. The summed E-state index contributed by atoms with van der Waals surface area (Å²) in [5.41, 5.74) is 3.46. The maximum absolute atomic E-state index is 8.31. The summed E-state index contributed by atoms with van der Waals surface area (Å²) in [5.74, 6) is 0.609. The molecule has 3 heteroatoms. The number of hydrogen-bond donors (Lipinski definition) is 1. The molecule has 2 nitrogen and oxygen atoms in total. The highest BCUT2D eigenvalue weighted by molar-refractivity contribution is 6.30. The minimum absolute atomic E-state index is 0.178. The van der Waals surface area contributed by atoms with Crippen LogP contribution in [-0.2, 0) is 6.54 Å². The largest absolute Gasteiger partial charge is 0.345 e. The van der Waals surface area contributed by atoms with E-state index in [-0.39, 0.29) is 6.04 Å². The molecule has 3 rings (SSSR count). The van der Waals surface area contributed by atoms with Gasteiger partial charge in [-0.2, -0.15) is 0 Å². The summed E-state index contributed by atoms with van der Waals surface area (Å²) in [6.45, 7) is 2.93. The molecule has 0 bridgehead atoms. The predicted molar refractivity (Wildman–Crippen MR) is 78.7 cm³/mol. The fraction of sp³-hybridized carbons (Fsp3) is 0.188. The molecule has 0 amide bonds. The van der Waals surface area contributed by atoms with Gasteiger partial charge >= 0.3 is 0 Å². The van der Waals surface area contributed by atoms with Gasteiger partial charge in [0.25, 0.3) is 0 Å². The maximum Gasteiger partial charge on any atom is 0.129 e. The Labute approximate surface area is 118 Å². The first-order chi connectivity index (χ1) is 9.16. The Morgan fingerprint density at radius 2 is 1.79 bits per heavy atom. The Morgan fingerprint density at radius 1 is 1.11 bits per heavy atom. The van der Waals surface area contributed by atoms with Crippen molar-refractivity contribution >= 4 is 17.4 Å². The topological polar surface area (TPSA) is 27.1 Å². The zero-order chi connectivity index (χ0) is 13.4. The van der Waals surface area contributed by atoms with Crippen LogP contribution in [0.15, 0.2) is 48.5 Å². The summed E-state index contributed by atoms with van der Waals surface area (Å²) >= 11 is 5.92. The van der Waals surface area contributed by atoms with Crippen LogP contribution < -0.4 is 0 Å². The van der Waals surface area contributed by atoms with E-state index in [4.69, 9.17) is 17.0 Å². The fourth-order valence-electron chi connectivity index (χ4n) is 2.56. The highest BCUT2D eigenvalue weighted by Crippen LogP contribution is 2.31. The van der Waals surface area contributed by atoms with E-state index in [0.717, 1.165) is 17.1 Å². The lowest BCUT2D eigenvalue weighted by molar-refractivity contribution is 0.341. The second kappa shape index (κ2) is 4.71. The van der Waals surface area contributed by atoms with Crippen LogP contribution in [0.5, 0.6) is 0 Å². The molecule has 1 heterocycles. The van der Waals surface area contributed by atoms with Gasteiger partial charge in [0.15, 0.2) is 0 Å². The van der Waals surface area contributed by atoms with Crippen LogP contribution in [0.3, 0.4) is 0 Å². The van der Waals surface area contributed by atoms with Crippen LogP contribution in [0.2, 0.25) is 5.02 Å². The van der Waals surface area contributed by atoms with Crippen molar-refractivity contribution < 1.29 is 0 Å². The molecule has 0 spiro atoms.